The molecular formula is C5H5NO. The Bertz CT molecular complexity index is 134. The summed E-state index contributed by atoms with van der Waals surface area (Å²) in [5.41, 5.74) is 0. The maximum atomic E-state index is 10.2. The van der Waals surface area contributed by atoms with E-state index in [0.29, 0.717) is 6.54 Å². The van der Waals surface area contributed by atoms with E-state index in [0.717, 1.165) is 0 Å². The Labute approximate surface area is 41.9 Å². The Morgan fingerprint density at radius 1 is 2.00 bits per heavy atom. The lowest BCUT2D eigenvalue weighted by molar-refractivity contribution is -0.128. The average molecular weight is 95.1 g/mol. The molecule has 1 N–H and O–H groups in total. The maximum absolute atomic E-state index is 10.2. The highest BCUT2D eigenvalue weighted by molar-refractivity contribution is 5.87. The van der Waals surface area contributed by atoms with Crippen molar-refractivity contribution in [2.45, 2.75) is 0 Å². The Morgan fingerprint density at radius 2 is 2.71 bits per heavy atom. The molecule has 36 valence electrons. The molecule has 0 spiro atoms. The van der Waals surface area contributed by atoms with Crippen molar-refractivity contribution in [2.24, 2.45) is 5.92 Å². The van der Waals surface area contributed by atoms with Gasteiger partial charge in [-0.25, -0.2) is 0 Å². The van der Waals surface area contributed by atoms with Gasteiger partial charge in [-0.3, -0.25) is 4.79 Å². The number of terminal acetylenes is 1. The second-order valence-corrected chi connectivity index (χ2v) is 1.46. The molecule has 1 rings (SSSR count). The predicted octanol–water partition coefficient (Wildman–Crippen LogP) is -0.634. The average Bonchev–Trinajstić information content (AvgIpc) is 1.65. The number of hydrogen-bond acceptors (Lipinski definition) is 1. The highest BCUT2D eigenvalue weighted by Gasteiger charge is 2.24. The maximum Gasteiger partial charge on any atom is 0.237 e. The van der Waals surface area contributed by atoms with Gasteiger partial charge in [-0.15, -0.1) is 6.42 Å². The molecule has 7 heavy (non-hydrogen) atoms. The fourth-order valence-corrected chi connectivity index (χ4v) is 0.422. The summed E-state index contributed by atoms with van der Waals surface area (Å²) in [7, 11) is 0. The van der Waals surface area contributed by atoms with E-state index in [1.165, 1.54) is 0 Å². The van der Waals surface area contributed by atoms with Gasteiger partial charge >= 0.3 is 0 Å². The molecule has 0 bridgehead atoms. The van der Waals surface area contributed by atoms with Gasteiger partial charge in [-0.05, 0) is 0 Å². The van der Waals surface area contributed by atoms with E-state index in [1.54, 1.807) is 0 Å². The van der Waals surface area contributed by atoms with Gasteiger partial charge in [0.05, 0.1) is 0 Å². The van der Waals surface area contributed by atoms with Crippen molar-refractivity contribution in [2.75, 3.05) is 6.54 Å². The smallest absolute Gasteiger partial charge is 0.237 e. The number of carbonyl (C=O) groups is 1. The van der Waals surface area contributed by atoms with Gasteiger partial charge in [0.25, 0.3) is 0 Å². The van der Waals surface area contributed by atoms with Crippen LogP contribution in [0.5, 0.6) is 0 Å². The van der Waals surface area contributed by atoms with Crippen LogP contribution in [0.15, 0.2) is 0 Å². The zero-order chi connectivity index (χ0) is 5.28. The van der Waals surface area contributed by atoms with E-state index in [1.807, 2.05) is 0 Å². The summed E-state index contributed by atoms with van der Waals surface area (Å²) >= 11 is 0. The van der Waals surface area contributed by atoms with Crippen LogP contribution in [0.4, 0.5) is 0 Å². The van der Waals surface area contributed by atoms with Gasteiger partial charge in [-0.1, -0.05) is 5.92 Å². The first kappa shape index (κ1) is 4.20. The molecule has 0 aromatic carbocycles. The highest BCUT2D eigenvalue weighted by atomic mass is 16.2. The van der Waals surface area contributed by atoms with Crippen LogP contribution in [0, 0.1) is 18.3 Å². The van der Waals surface area contributed by atoms with Crippen molar-refractivity contribution in [3.05, 3.63) is 0 Å². The first-order valence-electron chi connectivity index (χ1n) is 2.08. The van der Waals surface area contributed by atoms with Gasteiger partial charge in [0.1, 0.15) is 5.92 Å². The van der Waals surface area contributed by atoms with Crippen LogP contribution in [0.25, 0.3) is 0 Å². The van der Waals surface area contributed by atoms with Gasteiger partial charge in [0.2, 0.25) is 5.91 Å². The monoisotopic (exact) mass is 95.0 g/mol. The van der Waals surface area contributed by atoms with E-state index in [4.69, 9.17) is 6.42 Å². The summed E-state index contributed by atoms with van der Waals surface area (Å²) < 4.78 is 0. The minimum atomic E-state index is -0.139. The summed E-state index contributed by atoms with van der Waals surface area (Å²) in [6.45, 7) is 0.662. The molecule has 1 amide bonds. The van der Waals surface area contributed by atoms with Crippen LogP contribution in [0.1, 0.15) is 0 Å². The Balaban J connectivity index is 2.48. The number of hydrogen-bond donors (Lipinski definition) is 1. The fourth-order valence-electron chi connectivity index (χ4n) is 0.422. The molecule has 1 atom stereocenters. The fraction of sp³-hybridized carbons (Fsp3) is 0.400. The van der Waals surface area contributed by atoms with E-state index >= 15 is 0 Å². The third-order valence-electron chi connectivity index (χ3n) is 0.998. The molecule has 1 aliphatic heterocycles. The van der Waals surface area contributed by atoms with Crippen LogP contribution >= 0.6 is 0 Å². The molecular weight excluding hydrogens is 90.1 g/mol. The van der Waals surface area contributed by atoms with Crippen molar-refractivity contribution >= 4 is 5.91 Å². The number of amides is 1. The minimum Gasteiger partial charge on any atom is -0.353 e. The highest BCUT2D eigenvalue weighted by Crippen LogP contribution is 2.00. The van der Waals surface area contributed by atoms with Crippen LogP contribution in [0.3, 0.4) is 0 Å². The van der Waals surface area contributed by atoms with Gasteiger partial charge in [-0.2, -0.15) is 0 Å². The summed E-state index contributed by atoms with van der Waals surface area (Å²) in [6, 6.07) is 0. The van der Waals surface area contributed by atoms with Crippen molar-refractivity contribution in [3.63, 3.8) is 0 Å². The molecule has 2 heteroatoms. The zero-order valence-corrected chi connectivity index (χ0v) is 3.77. The van der Waals surface area contributed by atoms with E-state index < -0.39 is 0 Å². The molecule has 0 aromatic heterocycles. The van der Waals surface area contributed by atoms with Crippen LogP contribution in [-0.2, 0) is 4.79 Å². The van der Waals surface area contributed by atoms with E-state index in [2.05, 4.69) is 11.2 Å². The lowest BCUT2D eigenvalue weighted by atomic mass is 10.0. The Kier molecular flexibility index (Phi) is 0.759. The van der Waals surface area contributed by atoms with E-state index in [9.17, 15) is 4.79 Å². The van der Waals surface area contributed by atoms with Gasteiger partial charge in [0, 0.05) is 6.54 Å². The molecule has 1 saturated heterocycles. The van der Waals surface area contributed by atoms with E-state index in [-0.39, 0.29) is 11.8 Å². The largest absolute Gasteiger partial charge is 0.353 e. The summed E-state index contributed by atoms with van der Waals surface area (Å²) in [4.78, 5) is 10.2. The summed E-state index contributed by atoms with van der Waals surface area (Å²) in [6.07, 6.45) is 4.91. The Morgan fingerprint density at radius 3 is 2.71 bits per heavy atom. The second kappa shape index (κ2) is 1.27. The van der Waals surface area contributed by atoms with Crippen LogP contribution in [0.2, 0.25) is 0 Å². The molecule has 2 nitrogen and oxygen atoms in total. The summed E-state index contributed by atoms with van der Waals surface area (Å²) in [5, 5.41) is 2.53. The number of carbonyl (C=O) groups excluding carboxylic acids is 1. The molecule has 0 aliphatic carbocycles. The molecule has 0 aromatic rings. The third kappa shape index (κ3) is 0.459. The molecule has 0 unspecified atom stereocenters. The SMILES string of the molecule is C#C[C@H]1CNC1=O. The third-order valence-corrected chi connectivity index (χ3v) is 0.998. The number of β-lactam (4-membered cyclic amide) rings is 1. The first-order valence-corrected chi connectivity index (χ1v) is 2.08. The van der Waals surface area contributed by atoms with Crippen molar-refractivity contribution in [1.82, 2.24) is 5.32 Å². The normalized spacial score (nSPS) is 27.3. The van der Waals surface area contributed by atoms with Crippen molar-refractivity contribution in [1.29, 1.82) is 0 Å². The quantitative estimate of drug-likeness (QED) is 0.315. The van der Waals surface area contributed by atoms with Crippen LogP contribution < -0.4 is 5.32 Å². The lowest BCUT2D eigenvalue weighted by Gasteiger charge is -2.19. The van der Waals surface area contributed by atoms with Crippen molar-refractivity contribution in [3.8, 4) is 12.3 Å². The molecule has 0 radical (unpaired) electrons. The van der Waals surface area contributed by atoms with Crippen molar-refractivity contribution < 1.29 is 4.79 Å². The lowest BCUT2D eigenvalue weighted by Crippen LogP contribution is -2.47. The molecule has 1 heterocycles. The van der Waals surface area contributed by atoms with Gasteiger partial charge < -0.3 is 5.32 Å². The van der Waals surface area contributed by atoms with Gasteiger partial charge in [0.15, 0.2) is 0 Å². The number of nitrogens with one attached hydrogen (secondary N) is 1. The first-order chi connectivity index (χ1) is 3.34. The predicted molar refractivity (Wildman–Crippen MR) is 25.3 cm³/mol. The van der Waals surface area contributed by atoms with Crippen LogP contribution in [-0.4, -0.2) is 12.5 Å². The molecule has 1 fully saturated rings. The zero-order valence-electron chi connectivity index (χ0n) is 3.77. The molecule has 1 aliphatic rings. The topological polar surface area (TPSA) is 29.1 Å². The molecule has 0 saturated carbocycles. The standard InChI is InChI=1S/C5H5NO/c1-2-4-3-6-5(4)7/h1,4H,3H2,(H,6,7)/t4-/m0/s1. The summed E-state index contributed by atoms with van der Waals surface area (Å²) in [5.74, 6) is 2.19. The number of rotatable bonds is 0. The second-order valence-electron chi connectivity index (χ2n) is 1.46. The Hall–Kier alpha value is -0.970. The minimum absolute atomic E-state index is 0.0116.